The average Bonchev–Trinajstić information content (AvgIpc) is 2.43. The number of sulfonamides is 1. The lowest BCUT2D eigenvalue weighted by Gasteiger charge is -2.38. The van der Waals surface area contributed by atoms with Gasteiger partial charge in [0.05, 0.1) is 15.6 Å². The fraction of sp³-hybridized carbons (Fsp3) is 0.571. The average molecular weight is 332 g/mol. The van der Waals surface area contributed by atoms with Crippen LogP contribution in [-0.2, 0) is 10.0 Å². The summed E-state index contributed by atoms with van der Waals surface area (Å²) < 4.78 is 27.2. The Bertz CT molecular complexity index is 633. The van der Waals surface area contributed by atoms with Crippen LogP contribution in [0.3, 0.4) is 0 Å². The number of nitrogens with zero attached hydrogens (tertiary/aromatic N) is 2. The van der Waals surface area contributed by atoms with Crippen LogP contribution in [0.5, 0.6) is 0 Å². The molecular formula is C14H22ClN3O2S. The smallest absolute Gasteiger partial charge is 0.243 e. The molecule has 7 heteroatoms. The van der Waals surface area contributed by atoms with Crippen LogP contribution in [-0.4, -0.2) is 50.3 Å². The van der Waals surface area contributed by atoms with Crippen molar-refractivity contribution in [3.05, 3.63) is 22.7 Å². The van der Waals surface area contributed by atoms with Crippen LogP contribution in [0.1, 0.15) is 18.9 Å². The Balaban J connectivity index is 2.37. The van der Waals surface area contributed by atoms with Crippen LogP contribution in [0.4, 0.5) is 5.69 Å². The van der Waals surface area contributed by atoms with Crippen LogP contribution in [0.25, 0.3) is 0 Å². The van der Waals surface area contributed by atoms with E-state index >= 15 is 0 Å². The number of hydrogen-bond donors (Lipinski definition) is 1. The Morgan fingerprint density at radius 3 is 2.67 bits per heavy atom. The molecule has 0 saturated carbocycles. The maximum absolute atomic E-state index is 12.8. The van der Waals surface area contributed by atoms with E-state index in [0.29, 0.717) is 29.4 Å². The third kappa shape index (κ3) is 3.18. The van der Waals surface area contributed by atoms with Crippen LogP contribution in [0.2, 0.25) is 5.02 Å². The Morgan fingerprint density at radius 2 is 2.05 bits per heavy atom. The summed E-state index contributed by atoms with van der Waals surface area (Å²) >= 11 is 5.95. The molecule has 2 rings (SSSR count). The van der Waals surface area contributed by atoms with Crippen molar-refractivity contribution >= 4 is 27.3 Å². The van der Waals surface area contributed by atoms with Crippen molar-refractivity contribution in [1.82, 2.24) is 9.21 Å². The largest absolute Gasteiger partial charge is 0.397 e. The number of aryl methyl sites for hydroxylation is 1. The fourth-order valence-electron chi connectivity index (χ4n) is 2.66. The van der Waals surface area contributed by atoms with Gasteiger partial charge in [0.2, 0.25) is 10.0 Å². The number of piperazine rings is 1. The van der Waals surface area contributed by atoms with Gasteiger partial charge in [0.1, 0.15) is 0 Å². The first-order chi connectivity index (χ1) is 9.77. The van der Waals surface area contributed by atoms with Gasteiger partial charge in [0.25, 0.3) is 0 Å². The molecule has 0 aromatic heterocycles. The lowest BCUT2D eigenvalue weighted by Crippen LogP contribution is -2.52. The van der Waals surface area contributed by atoms with Crippen LogP contribution in [0, 0.1) is 6.92 Å². The first-order valence-corrected chi connectivity index (χ1v) is 8.85. The highest BCUT2D eigenvalue weighted by atomic mass is 35.5. The lowest BCUT2D eigenvalue weighted by molar-refractivity contribution is 0.144. The maximum atomic E-state index is 12.8. The standard InChI is InChI=1S/C14H22ClN3O2S/c1-4-11-9-18(6-5-17(11)3)21(19,20)14-8-13(16)12(15)7-10(14)2/h7-8,11H,4-6,9,16H2,1-3H3. The highest BCUT2D eigenvalue weighted by Crippen LogP contribution is 2.29. The molecule has 1 aromatic rings. The van der Waals surface area contributed by atoms with E-state index in [9.17, 15) is 8.42 Å². The second-order valence-electron chi connectivity index (χ2n) is 5.54. The number of likely N-dealkylation sites (N-methyl/N-ethyl adjacent to an activating group) is 1. The summed E-state index contributed by atoms with van der Waals surface area (Å²) in [6.45, 7) is 5.56. The molecule has 1 atom stereocenters. The predicted octanol–water partition coefficient (Wildman–Crippen LogP) is 1.95. The summed E-state index contributed by atoms with van der Waals surface area (Å²) in [6, 6.07) is 3.32. The van der Waals surface area contributed by atoms with E-state index in [1.165, 1.54) is 6.07 Å². The van der Waals surface area contributed by atoms with Gasteiger partial charge < -0.3 is 10.6 Å². The lowest BCUT2D eigenvalue weighted by atomic mass is 10.1. The summed E-state index contributed by atoms with van der Waals surface area (Å²) in [5, 5.41) is 0.385. The minimum Gasteiger partial charge on any atom is -0.397 e. The molecule has 1 aliphatic rings. The zero-order valence-corrected chi connectivity index (χ0v) is 14.2. The van der Waals surface area contributed by atoms with E-state index in [4.69, 9.17) is 17.3 Å². The molecule has 1 unspecified atom stereocenters. The summed E-state index contributed by atoms with van der Waals surface area (Å²) in [7, 11) is -1.50. The van der Waals surface area contributed by atoms with Gasteiger partial charge in [-0.3, -0.25) is 0 Å². The first kappa shape index (κ1) is 16.5. The van der Waals surface area contributed by atoms with E-state index < -0.39 is 10.0 Å². The normalized spacial score (nSPS) is 21.6. The minimum absolute atomic E-state index is 0.249. The molecule has 1 saturated heterocycles. The molecule has 0 amide bonds. The zero-order valence-electron chi connectivity index (χ0n) is 12.6. The zero-order chi connectivity index (χ0) is 15.8. The van der Waals surface area contributed by atoms with E-state index in [0.717, 1.165) is 13.0 Å². The number of hydrogen-bond acceptors (Lipinski definition) is 4. The molecule has 5 nitrogen and oxygen atoms in total. The number of rotatable bonds is 3. The molecule has 0 spiro atoms. The van der Waals surface area contributed by atoms with E-state index in [2.05, 4.69) is 11.8 Å². The minimum atomic E-state index is -3.53. The van der Waals surface area contributed by atoms with Gasteiger partial charge in [-0.15, -0.1) is 0 Å². The number of nitrogen functional groups attached to an aromatic ring is 1. The van der Waals surface area contributed by atoms with Crippen LogP contribution in [0.15, 0.2) is 17.0 Å². The molecule has 1 heterocycles. The van der Waals surface area contributed by atoms with Crippen molar-refractivity contribution in [3.8, 4) is 0 Å². The topological polar surface area (TPSA) is 66.6 Å². The third-order valence-corrected chi connectivity index (χ3v) is 6.46. The number of halogens is 1. The molecule has 1 aliphatic heterocycles. The molecular weight excluding hydrogens is 310 g/mol. The van der Waals surface area contributed by atoms with Crippen LogP contribution < -0.4 is 5.73 Å². The molecule has 0 bridgehead atoms. The van der Waals surface area contributed by atoms with Crippen molar-refractivity contribution in [2.45, 2.75) is 31.2 Å². The Hall–Kier alpha value is -0.820. The van der Waals surface area contributed by atoms with Crippen molar-refractivity contribution in [2.24, 2.45) is 0 Å². The summed E-state index contributed by atoms with van der Waals surface area (Å²) in [4.78, 5) is 2.46. The monoisotopic (exact) mass is 331 g/mol. The van der Waals surface area contributed by atoms with E-state index in [-0.39, 0.29) is 10.9 Å². The predicted molar refractivity (Wildman–Crippen MR) is 86.1 cm³/mol. The van der Waals surface area contributed by atoms with Crippen molar-refractivity contribution in [3.63, 3.8) is 0 Å². The van der Waals surface area contributed by atoms with E-state index in [1.807, 2.05) is 7.05 Å². The van der Waals surface area contributed by atoms with Gasteiger partial charge in [-0.2, -0.15) is 4.31 Å². The van der Waals surface area contributed by atoms with E-state index in [1.54, 1.807) is 17.3 Å². The molecule has 2 N–H and O–H groups in total. The van der Waals surface area contributed by atoms with Gasteiger partial charge in [0.15, 0.2) is 0 Å². The third-order valence-electron chi connectivity index (χ3n) is 4.12. The van der Waals surface area contributed by atoms with Crippen molar-refractivity contribution in [2.75, 3.05) is 32.4 Å². The molecule has 0 aliphatic carbocycles. The summed E-state index contributed by atoms with van der Waals surface area (Å²) in [6.07, 6.45) is 0.921. The van der Waals surface area contributed by atoms with Gasteiger partial charge >= 0.3 is 0 Å². The first-order valence-electron chi connectivity index (χ1n) is 7.03. The SMILES string of the molecule is CCC1CN(S(=O)(=O)c2cc(N)c(Cl)cc2C)CCN1C. The number of anilines is 1. The fourth-order valence-corrected chi connectivity index (χ4v) is 4.59. The Labute approximate surface area is 131 Å². The second-order valence-corrected chi connectivity index (χ2v) is 7.86. The summed E-state index contributed by atoms with van der Waals surface area (Å²) in [5.41, 5.74) is 6.69. The van der Waals surface area contributed by atoms with Crippen LogP contribution >= 0.6 is 11.6 Å². The van der Waals surface area contributed by atoms with Gasteiger partial charge in [0, 0.05) is 25.7 Å². The summed E-state index contributed by atoms with van der Waals surface area (Å²) in [5.74, 6) is 0. The molecule has 1 aromatic carbocycles. The molecule has 21 heavy (non-hydrogen) atoms. The molecule has 1 fully saturated rings. The Kier molecular flexibility index (Phi) is 4.82. The quantitative estimate of drug-likeness (QED) is 0.860. The molecule has 0 radical (unpaired) electrons. The Morgan fingerprint density at radius 1 is 1.38 bits per heavy atom. The van der Waals surface area contributed by atoms with Gasteiger partial charge in [-0.25, -0.2) is 8.42 Å². The number of nitrogens with two attached hydrogens (primary N) is 1. The van der Waals surface area contributed by atoms with Gasteiger partial charge in [-0.05, 0) is 38.1 Å². The van der Waals surface area contributed by atoms with Crippen molar-refractivity contribution in [1.29, 1.82) is 0 Å². The maximum Gasteiger partial charge on any atom is 0.243 e. The second kappa shape index (κ2) is 6.12. The van der Waals surface area contributed by atoms with Crippen molar-refractivity contribution < 1.29 is 8.42 Å². The highest BCUT2D eigenvalue weighted by molar-refractivity contribution is 7.89. The highest BCUT2D eigenvalue weighted by Gasteiger charge is 2.33. The molecule has 118 valence electrons. The number of benzene rings is 1. The van der Waals surface area contributed by atoms with Gasteiger partial charge in [-0.1, -0.05) is 18.5 Å².